The van der Waals surface area contributed by atoms with E-state index >= 15 is 0 Å². The number of rotatable bonds is 3. The molecule has 3 aromatic rings. The first-order valence-electron chi connectivity index (χ1n) is 6.08. The molecule has 0 amide bonds. The Hall–Kier alpha value is -3.34. The highest BCUT2D eigenvalue weighted by molar-refractivity contribution is 5.46. The summed E-state index contributed by atoms with van der Waals surface area (Å²) in [6.45, 7) is 1.97. The molecule has 0 saturated heterocycles. The average molecular weight is 278 g/mol. The third-order valence-electron chi connectivity index (χ3n) is 2.63. The number of nitrogens with one attached hydrogen (secondary N) is 1. The van der Waals surface area contributed by atoms with Crippen LogP contribution in [0.1, 0.15) is 11.3 Å². The molecular weight excluding hydrogens is 268 g/mol. The Labute approximate surface area is 120 Å². The molecule has 0 aliphatic rings. The fourth-order valence-corrected chi connectivity index (χ4v) is 1.59. The zero-order valence-electron chi connectivity index (χ0n) is 11.1. The van der Waals surface area contributed by atoms with Crippen LogP contribution in [0.3, 0.4) is 0 Å². The Morgan fingerprint density at radius 3 is 2.67 bits per heavy atom. The van der Waals surface area contributed by atoms with Crippen molar-refractivity contribution in [2.75, 3.05) is 5.32 Å². The first-order chi connectivity index (χ1) is 10.2. The molecule has 21 heavy (non-hydrogen) atoms. The van der Waals surface area contributed by atoms with Gasteiger partial charge in [0.25, 0.3) is 0 Å². The third-order valence-corrected chi connectivity index (χ3v) is 2.63. The van der Waals surface area contributed by atoms with Gasteiger partial charge < -0.3 is 5.32 Å². The van der Waals surface area contributed by atoms with E-state index in [-0.39, 0.29) is 5.69 Å². The number of hydrogen-bond donors (Lipinski definition) is 1. The summed E-state index contributed by atoms with van der Waals surface area (Å²) in [5.74, 6) is 1.51. The van der Waals surface area contributed by atoms with Crippen LogP contribution in [0.5, 0.6) is 0 Å². The second-order valence-corrected chi connectivity index (χ2v) is 4.23. The summed E-state index contributed by atoms with van der Waals surface area (Å²) >= 11 is 0. The minimum atomic E-state index is 0.253. The van der Waals surface area contributed by atoms with Gasteiger partial charge in [0.2, 0.25) is 5.95 Å². The number of nitriles is 1. The van der Waals surface area contributed by atoms with Gasteiger partial charge in [0.1, 0.15) is 12.4 Å². The van der Waals surface area contributed by atoms with Crippen molar-refractivity contribution in [2.45, 2.75) is 6.92 Å². The highest BCUT2D eigenvalue weighted by Crippen LogP contribution is 2.10. The van der Waals surface area contributed by atoms with Crippen molar-refractivity contribution in [1.29, 1.82) is 5.26 Å². The molecule has 102 valence electrons. The van der Waals surface area contributed by atoms with Gasteiger partial charge in [-0.3, -0.25) is 0 Å². The van der Waals surface area contributed by atoms with Crippen molar-refractivity contribution in [3.8, 4) is 11.9 Å². The van der Waals surface area contributed by atoms with Crippen LogP contribution in [0.4, 0.5) is 11.8 Å². The third kappa shape index (κ3) is 2.82. The maximum atomic E-state index is 8.66. The molecular formula is C13H10N8. The maximum absolute atomic E-state index is 8.66. The SMILES string of the molecule is Cc1ccc(-n2cnc(Nc3cnc(C#N)cn3)n2)nc1. The summed E-state index contributed by atoms with van der Waals surface area (Å²) in [5.41, 5.74) is 1.33. The Morgan fingerprint density at radius 2 is 2.00 bits per heavy atom. The van der Waals surface area contributed by atoms with Gasteiger partial charge in [-0.1, -0.05) is 6.07 Å². The van der Waals surface area contributed by atoms with Gasteiger partial charge in [-0.25, -0.2) is 19.6 Å². The minimum Gasteiger partial charge on any atom is -0.306 e. The molecule has 0 fully saturated rings. The number of hydrogen-bond acceptors (Lipinski definition) is 7. The van der Waals surface area contributed by atoms with Crippen LogP contribution in [0.15, 0.2) is 37.1 Å². The molecule has 0 atom stereocenters. The predicted octanol–water partition coefficient (Wildman–Crippen LogP) is 1.38. The normalized spacial score (nSPS) is 10.1. The standard InChI is InChI=1S/C13H10N8/c1-9-2-3-12(17-5-9)21-8-18-13(20-21)19-11-7-15-10(4-14)6-16-11/h2-3,5-8H,1H3,(H,16,19,20). The van der Waals surface area contributed by atoms with Crippen molar-refractivity contribution >= 4 is 11.8 Å². The Bertz CT molecular complexity index is 782. The summed E-state index contributed by atoms with van der Waals surface area (Å²) in [5, 5.41) is 15.8. The maximum Gasteiger partial charge on any atom is 0.248 e. The smallest absolute Gasteiger partial charge is 0.248 e. The van der Waals surface area contributed by atoms with Gasteiger partial charge in [0.05, 0.1) is 12.4 Å². The molecule has 3 rings (SSSR count). The molecule has 0 bridgehead atoms. The lowest BCUT2D eigenvalue weighted by Crippen LogP contribution is -2.00. The van der Waals surface area contributed by atoms with E-state index in [0.717, 1.165) is 5.56 Å². The number of aryl methyl sites for hydroxylation is 1. The topological polar surface area (TPSA) is 105 Å². The summed E-state index contributed by atoms with van der Waals surface area (Å²) < 4.78 is 1.55. The van der Waals surface area contributed by atoms with E-state index in [4.69, 9.17) is 5.26 Å². The summed E-state index contributed by atoms with van der Waals surface area (Å²) in [4.78, 5) is 16.3. The first-order valence-corrected chi connectivity index (χ1v) is 6.08. The fourth-order valence-electron chi connectivity index (χ4n) is 1.59. The lowest BCUT2D eigenvalue weighted by molar-refractivity contribution is 0.846. The van der Waals surface area contributed by atoms with Crippen LogP contribution in [-0.4, -0.2) is 29.7 Å². The molecule has 3 heterocycles. The largest absolute Gasteiger partial charge is 0.306 e. The van der Waals surface area contributed by atoms with Crippen LogP contribution in [-0.2, 0) is 0 Å². The molecule has 0 saturated carbocycles. The minimum absolute atomic E-state index is 0.253. The van der Waals surface area contributed by atoms with Crippen LogP contribution < -0.4 is 5.32 Å². The second kappa shape index (κ2) is 5.34. The van der Waals surface area contributed by atoms with E-state index in [0.29, 0.717) is 17.6 Å². The van der Waals surface area contributed by atoms with Gasteiger partial charge in [-0.15, -0.1) is 5.10 Å². The second-order valence-electron chi connectivity index (χ2n) is 4.23. The molecule has 3 aromatic heterocycles. The van der Waals surface area contributed by atoms with E-state index in [1.807, 2.05) is 25.1 Å². The van der Waals surface area contributed by atoms with E-state index in [1.165, 1.54) is 12.4 Å². The van der Waals surface area contributed by atoms with Crippen molar-refractivity contribution in [3.63, 3.8) is 0 Å². The Kier molecular flexibility index (Phi) is 3.22. The molecule has 8 nitrogen and oxygen atoms in total. The predicted molar refractivity (Wildman–Crippen MR) is 73.9 cm³/mol. The average Bonchev–Trinajstić information content (AvgIpc) is 2.97. The van der Waals surface area contributed by atoms with Crippen LogP contribution in [0, 0.1) is 18.3 Å². The molecule has 0 aromatic carbocycles. The quantitative estimate of drug-likeness (QED) is 0.771. The number of nitrogens with zero attached hydrogens (tertiary/aromatic N) is 7. The fraction of sp³-hybridized carbons (Fsp3) is 0.0769. The van der Waals surface area contributed by atoms with Crippen molar-refractivity contribution < 1.29 is 0 Å². The highest BCUT2D eigenvalue weighted by Gasteiger charge is 2.05. The molecule has 8 heteroatoms. The van der Waals surface area contributed by atoms with Crippen molar-refractivity contribution in [3.05, 3.63) is 48.3 Å². The molecule has 0 spiro atoms. The van der Waals surface area contributed by atoms with Gasteiger partial charge in [0, 0.05) is 6.20 Å². The van der Waals surface area contributed by atoms with E-state index in [2.05, 4.69) is 30.4 Å². The lowest BCUT2D eigenvalue weighted by atomic mass is 10.3. The van der Waals surface area contributed by atoms with Crippen LogP contribution in [0.2, 0.25) is 0 Å². The molecule has 1 N–H and O–H groups in total. The first kappa shape index (κ1) is 12.7. The zero-order chi connectivity index (χ0) is 14.7. The van der Waals surface area contributed by atoms with Crippen molar-refractivity contribution in [2.24, 2.45) is 0 Å². The van der Waals surface area contributed by atoms with E-state index in [1.54, 1.807) is 17.2 Å². The Morgan fingerprint density at radius 1 is 1.10 bits per heavy atom. The summed E-state index contributed by atoms with van der Waals surface area (Å²) in [6, 6.07) is 5.71. The van der Waals surface area contributed by atoms with Gasteiger partial charge in [0.15, 0.2) is 17.3 Å². The monoisotopic (exact) mass is 278 g/mol. The molecule has 0 radical (unpaired) electrons. The zero-order valence-corrected chi connectivity index (χ0v) is 11.1. The highest BCUT2D eigenvalue weighted by atomic mass is 15.4. The van der Waals surface area contributed by atoms with Gasteiger partial charge in [-0.05, 0) is 18.6 Å². The van der Waals surface area contributed by atoms with Gasteiger partial charge in [-0.2, -0.15) is 10.2 Å². The van der Waals surface area contributed by atoms with Gasteiger partial charge >= 0.3 is 0 Å². The molecule has 0 aliphatic carbocycles. The van der Waals surface area contributed by atoms with E-state index in [9.17, 15) is 0 Å². The Balaban J connectivity index is 1.78. The van der Waals surface area contributed by atoms with Crippen molar-refractivity contribution in [1.82, 2.24) is 29.7 Å². The van der Waals surface area contributed by atoms with Crippen LogP contribution >= 0.6 is 0 Å². The molecule has 0 unspecified atom stereocenters. The summed E-state index contributed by atoms with van der Waals surface area (Å²) in [7, 11) is 0. The van der Waals surface area contributed by atoms with Crippen LogP contribution in [0.25, 0.3) is 5.82 Å². The number of aromatic nitrogens is 6. The lowest BCUT2D eigenvalue weighted by Gasteiger charge is -2.00. The molecule has 0 aliphatic heterocycles. The number of anilines is 2. The van der Waals surface area contributed by atoms with E-state index < -0.39 is 0 Å². The summed E-state index contributed by atoms with van der Waals surface area (Å²) in [6.07, 6.45) is 6.14. The number of pyridine rings is 1.